The molecule has 1 amide bonds. The summed E-state index contributed by atoms with van der Waals surface area (Å²) in [5.41, 5.74) is 2.59. The zero-order valence-corrected chi connectivity index (χ0v) is 25.7. The average Bonchev–Trinajstić information content (AvgIpc) is 3.41. The molecule has 1 aliphatic heterocycles. The fourth-order valence-corrected chi connectivity index (χ4v) is 8.39. The minimum absolute atomic E-state index is 0.0203. The van der Waals surface area contributed by atoms with Gasteiger partial charge in [0, 0.05) is 36.9 Å². The van der Waals surface area contributed by atoms with E-state index in [9.17, 15) is 27.9 Å². The number of aromatic nitrogens is 1. The molecule has 2 N–H and O–H groups in total. The van der Waals surface area contributed by atoms with Crippen LogP contribution < -0.4 is 5.32 Å². The number of aliphatic carboxylic acids is 1. The summed E-state index contributed by atoms with van der Waals surface area (Å²) in [7, 11) is -3.96. The van der Waals surface area contributed by atoms with Gasteiger partial charge in [0.25, 0.3) is 0 Å². The summed E-state index contributed by atoms with van der Waals surface area (Å²) in [6, 6.07) is 18.6. The van der Waals surface area contributed by atoms with Gasteiger partial charge >= 0.3 is 5.97 Å². The fraction of sp³-hybridized carbons (Fsp3) is 0.375. The number of thioether (sulfide) groups is 1. The van der Waals surface area contributed by atoms with Gasteiger partial charge < -0.3 is 10.4 Å². The van der Waals surface area contributed by atoms with Gasteiger partial charge in [-0.05, 0) is 61.6 Å². The lowest BCUT2D eigenvalue weighted by atomic mass is 10.00. The van der Waals surface area contributed by atoms with Crippen molar-refractivity contribution in [2.45, 2.75) is 74.2 Å². The quantitative estimate of drug-likeness (QED) is 0.240. The Hall–Kier alpha value is -3.54. The second kappa shape index (κ2) is 15.3. The summed E-state index contributed by atoms with van der Waals surface area (Å²) < 4.78 is 27.8. The van der Waals surface area contributed by atoms with Crippen molar-refractivity contribution in [3.05, 3.63) is 95.8 Å². The monoisotopic (exact) mass is 623 g/mol. The molecular weight excluding hydrogens is 587 g/mol. The Bertz CT molecular complexity index is 1480. The molecule has 0 saturated carbocycles. The van der Waals surface area contributed by atoms with E-state index < -0.39 is 39.4 Å². The number of Topliss-reactive ketones (excluding diaryl/α,β-unsaturated/α-hetero) is 1. The maximum Gasteiger partial charge on any atom is 0.326 e. The number of benzene rings is 2. The Balaban J connectivity index is 1.28. The van der Waals surface area contributed by atoms with Crippen LogP contribution in [0.3, 0.4) is 0 Å². The van der Waals surface area contributed by atoms with Gasteiger partial charge in [0.05, 0.1) is 10.3 Å². The summed E-state index contributed by atoms with van der Waals surface area (Å²) in [4.78, 5) is 42.1. The predicted octanol–water partition coefficient (Wildman–Crippen LogP) is 4.26. The fourth-order valence-electron chi connectivity index (χ4n) is 5.06. The number of rotatable bonds is 15. The molecule has 9 nitrogen and oxygen atoms in total. The minimum Gasteiger partial charge on any atom is -0.480 e. The lowest BCUT2D eigenvalue weighted by Gasteiger charge is -2.27. The third kappa shape index (κ3) is 8.98. The Morgan fingerprint density at radius 3 is 2.35 bits per heavy atom. The first kappa shape index (κ1) is 32.4. The highest BCUT2D eigenvalue weighted by atomic mass is 32.2. The van der Waals surface area contributed by atoms with E-state index in [0.717, 1.165) is 41.2 Å². The minimum atomic E-state index is -3.96. The smallest absolute Gasteiger partial charge is 0.326 e. The molecule has 11 heteroatoms. The zero-order chi connectivity index (χ0) is 30.8. The van der Waals surface area contributed by atoms with Crippen LogP contribution in [0.2, 0.25) is 0 Å². The van der Waals surface area contributed by atoms with E-state index in [2.05, 4.69) is 10.3 Å². The zero-order valence-electron chi connectivity index (χ0n) is 24.1. The summed E-state index contributed by atoms with van der Waals surface area (Å²) in [6.07, 6.45) is 6.29. The highest BCUT2D eigenvalue weighted by Crippen LogP contribution is 2.34. The van der Waals surface area contributed by atoms with Crippen LogP contribution in [-0.4, -0.2) is 63.7 Å². The number of amides is 1. The average molecular weight is 624 g/mol. The van der Waals surface area contributed by atoms with Crippen LogP contribution in [0, 0.1) is 0 Å². The van der Waals surface area contributed by atoms with Gasteiger partial charge in [-0.2, -0.15) is 4.31 Å². The van der Waals surface area contributed by atoms with Crippen molar-refractivity contribution in [1.29, 1.82) is 0 Å². The summed E-state index contributed by atoms with van der Waals surface area (Å²) in [5.74, 6) is -1.49. The number of ketones is 1. The Kier molecular flexibility index (Phi) is 11.5. The highest BCUT2D eigenvalue weighted by molar-refractivity contribution is 8.01. The predicted molar refractivity (Wildman–Crippen MR) is 166 cm³/mol. The van der Waals surface area contributed by atoms with E-state index in [0.29, 0.717) is 18.4 Å². The number of nitrogens with one attached hydrogen (secondary N) is 1. The standard InChI is InChI=1S/C32H37N3O6S2/c1-23-35(43(40,41)28-13-6-3-7-14-28)30(22-42-23)31(37)34-29(32(38)39)21-25-17-15-24(16-18-25)20-27(36)12-5-2-4-10-26-11-8-9-19-33-26/h3,6-9,11,13-19,23,29-30H,2,4-5,10,12,20-22H2,1H3,(H,34,37)(H,38,39)/t23?,29?,30-/m0/s1. The third-order valence-corrected chi connectivity index (χ3v) is 10.7. The van der Waals surface area contributed by atoms with E-state index in [1.165, 1.54) is 23.9 Å². The second-order valence-corrected chi connectivity index (χ2v) is 13.8. The number of hydrogen-bond donors (Lipinski definition) is 2. The van der Waals surface area contributed by atoms with E-state index in [-0.39, 0.29) is 22.9 Å². The summed E-state index contributed by atoms with van der Waals surface area (Å²) in [5, 5.41) is 11.9. The molecule has 2 unspecified atom stereocenters. The Labute approximate surface area is 257 Å². The van der Waals surface area contributed by atoms with Gasteiger partial charge in [-0.25, -0.2) is 13.2 Å². The van der Waals surface area contributed by atoms with Crippen LogP contribution in [0.15, 0.2) is 83.9 Å². The molecule has 2 heterocycles. The molecule has 43 heavy (non-hydrogen) atoms. The van der Waals surface area contributed by atoms with Gasteiger partial charge in [-0.3, -0.25) is 14.6 Å². The number of hydrogen-bond acceptors (Lipinski definition) is 7. The Morgan fingerprint density at radius 2 is 1.67 bits per heavy atom. The second-order valence-electron chi connectivity index (χ2n) is 10.6. The maximum atomic E-state index is 13.3. The SMILES string of the molecule is CC1SC[C@@H](C(=O)NC(Cc2ccc(CC(=O)CCCCCc3ccccn3)cc2)C(=O)O)N1S(=O)(=O)c1ccccc1. The van der Waals surface area contributed by atoms with Gasteiger partial charge in [0.1, 0.15) is 17.9 Å². The molecule has 4 rings (SSSR count). The first-order valence-corrected chi connectivity index (χ1v) is 16.9. The van der Waals surface area contributed by atoms with Crippen LogP contribution in [0.5, 0.6) is 0 Å². The third-order valence-electron chi connectivity index (χ3n) is 7.38. The molecule has 3 atom stereocenters. The van der Waals surface area contributed by atoms with Gasteiger partial charge in [0.15, 0.2) is 0 Å². The lowest BCUT2D eigenvalue weighted by Crippen LogP contribution is -2.53. The van der Waals surface area contributed by atoms with E-state index in [1.54, 1.807) is 55.6 Å². The molecule has 1 aliphatic rings. The molecule has 2 aromatic carbocycles. The van der Waals surface area contributed by atoms with Crippen molar-refractivity contribution in [3.8, 4) is 0 Å². The normalized spacial score (nSPS) is 17.8. The van der Waals surface area contributed by atoms with Crippen LogP contribution in [0.4, 0.5) is 0 Å². The highest BCUT2D eigenvalue weighted by Gasteiger charge is 2.45. The Morgan fingerprint density at radius 1 is 0.977 bits per heavy atom. The molecular formula is C32H37N3O6S2. The van der Waals surface area contributed by atoms with Gasteiger partial charge in [0.2, 0.25) is 15.9 Å². The van der Waals surface area contributed by atoms with E-state index in [1.807, 2.05) is 18.2 Å². The molecule has 0 bridgehead atoms. The van der Waals surface area contributed by atoms with Gasteiger partial charge in [-0.1, -0.05) is 55.0 Å². The van der Waals surface area contributed by atoms with Gasteiger partial charge in [-0.15, -0.1) is 11.8 Å². The number of carbonyl (C=O) groups is 3. The van der Waals surface area contributed by atoms with Crippen molar-refractivity contribution in [2.75, 3.05) is 5.75 Å². The van der Waals surface area contributed by atoms with Crippen molar-refractivity contribution in [3.63, 3.8) is 0 Å². The number of carbonyl (C=O) groups excluding carboxylic acids is 2. The number of nitrogens with zero attached hydrogens (tertiary/aromatic N) is 2. The summed E-state index contributed by atoms with van der Waals surface area (Å²) >= 11 is 1.32. The van der Waals surface area contributed by atoms with E-state index in [4.69, 9.17) is 0 Å². The van der Waals surface area contributed by atoms with E-state index >= 15 is 0 Å². The first-order valence-electron chi connectivity index (χ1n) is 14.4. The lowest BCUT2D eigenvalue weighted by molar-refractivity contribution is -0.142. The number of pyridine rings is 1. The molecule has 0 aliphatic carbocycles. The largest absolute Gasteiger partial charge is 0.480 e. The van der Waals surface area contributed by atoms with Crippen LogP contribution in [0.25, 0.3) is 0 Å². The number of carboxylic acids is 1. The molecule has 3 aromatic rings. The van der Waals surface area contributed by atoms with Crippen LogP contribution >= 0.6 is 11.8 Å². The molecule has 1 saturated heterocycles. The molecule has 0 spiro atoms. The first-order chi connectivity index (χ1) is 20.6. The summed E-state index contributed by atoms with van der Waals surface area (Å²) in [6.45, 7) is 1.71. The van der Waals surface area contributed by atoms with Crippen LogP contribution in [0.1, 0.15) is 49.4 Å². The number of unbranched alkanes of at least 4 members (excludes halogenated alkanes) is 2. The number of sulfonamides is 1. The molecule has 1 aromatic heterocycles. The molecule has 0 radical (unpaired) electrons. The molecule has 1 fully saturated rings. The van der Waals surface area contributed by atoms with Crippen molar-refractivity contribution in [2.24, 2.45) is 0 Å². The van der Waals surface area contributed by atoms with Crippen molar-refractivity contribution >= 4 is 39.4 Å². The van der Waals surface area contributed by atoms with Crippen molar-refractivity contribution < 1.29 is 27.9 Å². The van der Waals surface area contributed by atoms with Crippen molar-refractivity contribution in [1.82, 2.24) is 14.6 Å². The van der Waals surface area contributed by atoms with Crippen LogP contribution in [-0.2, 0) is 43.7 Å². The maximum absolute atomic E-state index is 13.3. The topological polar surface area (TPSA) is 134 Å². The number of aryl methyl sites for hydroxylation is 1. The molecule has 228 valence electrons. The number of carboxylic acid groups (broad SMARTS) is 1.